The number of H-pyrrole nitrogens is 1. The molecule has 3 N–H and O–H groups in total. The predicted molar refractivity (Wildman–Crippen MR) is 109 cm³/mol. The van der Waals surface area contributed by atoms with Gasteiger partial charge in [-0.15, -0.1) is 0 Å². The first-order valence-corrected chi connectivity index (χ1v) is 9.57. The van der Waals surface area contributed by atoms with Crippen LogP contribution in [-0.2, 0) is 21.9 Å². The standard InChI is InChI=1S/C19H17N5OS.CO2/c20-16-15-17(23-18(22-16)26-12-14-9-5-2-6-10-14)24(19(25)21-15)11-13-7-3-1-4-8-13;2-1-3/h1-10H,11-12H2,(H,21,25)(H2,20,22,23);. The molecule has 0 aliphatic rings. The van der Waals surface area contributed by atoms with Gasteiger partial charge in [0, 0.05) is 5.75 Å². The Kier molecular flexibility index (Phi) is 6.57. The molecule has 2 heterocycles. The summed E-state index contributed by atoms with van der Waals surface area (Å²) in [5.41, 5.74) is 9.02. The number of benzene rings is 2. The summed E-state index contributed by atoms with van der Waals surface area (Å²) in [4.78, 5) is 40.3. The number of carbonyl (C=O) groups excluding carboxylic acids is 2. The molecule has 2 aromatic heterocycles. The molecule has 4 aromatic rings. The maximum atomic E-state index is 12.4. The summed E-state index contributed by atoms with van der Waals surface area (Å²) in [5, 5.41) is 0.555. The van der Waals surface area contributed by atoms with Crippen molar-refractivity contribution < 1.29 is 9.59 Å². The number of nitrogen functional groups attached to an aromatic ring is 1. The van der Waals surface area contributed by atoms with Crippen molar-refractivity contribution in [1.82, 2.24) is 19.5 Å². The maximum Gasteiger partial charge on any atom is 0.373 e. The number of hydrogen-bond donors (Lipinski definition) is 2. The van der Waals surface area contributed by atoms with E-state index in [1.54, 1.807) is 4.57 Å². The fourth-order valence-corrected chi connectivity index (χ4v) is 3.53. The summed E-state index contributed by atoms with van der Waals surface area (Å²) in [5.74, 6) is 1.02. The summed E-state index contributed by atoms with van der Waals surface area (Å²) in [6.07, 6.45) is 0.250. The lowest BCUT2D eigenvalue weighted by atomic mass is 10.2. The number of nitrogens with zero attached hydrogens (tertiary/aromatic N) is 3. The number of nitrogens with two attached hydrogens (primary N) is 1. The third kappa shape index (κ3) is 4.98. The first-order chi connectivity index (χ1) is 14.1. The molecule has 0 aliphatic heterocycles. The molecule has 0 saturated carbocycles. The van der Waals surface area contributed by atoms with Crippen LogP contribution in [-0.4, -0.2) is 25.7 Å². The van der Waals surface area contributed by atoms with E-state index < -0.39 is 0 Å². The van der Waals surface area contributed by atoms with Crippen molar-refractivity contribution in [3.05, 3.63) is 82.3 Å². The van der Waals surface area contributed by atoms with Gasteiger partial charge in [0.15, 0.2) is 16.6 Å². The second kappa shape index (κ2) is 9.50. The second-order valence-corrected chi connectivity index (χ2v) is 6.89. The number of imidazole rings is 1. The molecule has 29 heavy (non-hydrogen) atoms. The first kappa shape index (κ1) is 20.1. The third-order valence-electron chi connectivity index (χ3n) is 4.02. The number of hydrogen-bond acceptors (Lipinski definition) is 7. The first-order valence-electron chi connectivity index (χ1n) is 8.58. The van der Waals surface area contributed by atoms with Crippen molar-refractivity contribution in [3.8, 4) is 0 Å². The highest BCUT2D eigenvalue weighted by Crippen LogP contribution is 2.23. The summed E-state index contributed by atoms with van der Waals surface area (Å²) < 4.78 is 1.59. The minimum atomic E-state index is -0.241. The fourth-order valence-electron chi connectivity index (χ4n) is 2.73. The highest BCUT2D eigenvalue weighted by atomic mass is 32.2. The summed E-state index contributed by atoms with van der Waals surface area (Å²) in [6, 6.07) is 19.9. The summed E-state index contributed by atoms with van der Waals surface area (Å²) >= 11 is 1.50. The molecule has 0 spiro atoms. The SMILES string of the molecule is Nc1nc(SCc2ccccc2)nc2c1[nH]c(=O)n2Cc1ccccc1.O=C=O. The van der Waals surface area contributed by atoms with Gasteiger partial charge in [0.05, 0.1) is 6.54 Å². The number of aromatic amines is 1. The van der Waals surface area contributed by atoms with E-state index >= 15 is 0 Å². The molecule has 4 rings (SSSR count). The predicted octanol–water partition coefficient (Wildman–Crippen LogP) is 2.46. The van der Waals surface area contributed by atoms with Crippen LogP contribution >= 0.6 is 11.8 Å². The molecule has 0 atom stereocenters. The van der Waals surface area contributed by atoms with Gasteiger partial charge in [0.25, 0.3) is 0 Å². The normalized spacial score (nSPS) is 10.2. The Morgan fingerprint density at radius 2 is 1.55 bits per heavy atom. The van der Waals surface area contributed by atoms with E-state index in [-0.39, 0.29) is 17.7 Å². The maximum absolute atomic E-state index is 12.4. The molecule has 0 unspecified atom stereocenters. The van der Waals surface area contributed by atoms with Crippen molar-refractivity contribution in [2.45, 2.75) is 17.5 Å². The Morgan fingerprint density at radius 3 is 2.17 bits per heavy atom. The van der Waals surface area contributed by atoms with Gasteiger partial charge in [-0.1, -0.05) is 72.4 Å². The number of nitrogens with one attached hydrogen (secondary N) is 1. The molecule has 146 valence electrons. The quantitative estimate of drug-likeness (QED) is 0.385. The Balaban J connectivity index is 0.000000755. The van der Waals surface area contributed by atoms with Crippen molar-refractivity contribution in [2.75, 3.05) is 5.73 Å². The van der Waals surface area contributed by atoms with Crippen LogP contribution in [0.5, 0.6) is 0 Å². The molecule has 0 fully saturated rings. The van der Waals surface area contributed by atoms with Crippen LogP contribution in [0.3, 0.4) is 0 Å². The van der Waals surface area contributed by atoms with Crippen LogP contribution in [0, 0.1) is 0 Å². The average molecular weight is 407 g/mol. The van der Waals surface area contributed by atoms with Crippen LogP contribution in [0.25, 0.3) is 11.2 Å². The average Bonchev–Trinajstić information content (AvgIpc) is 3.05. The molecule has 0 radical (unpaired) electrons. The third-order valence-corrected chi connectivity index (χ3v) is 4.94. The van der Waals surface area contributed by atoms with E-state index in [1.165, 1.54) is 17.3 Å². The number of aromatic nitrogens is 4. The summed E-state index contributed by atoms with van der Waals surface area (Å²) in [6.45, 7) is 0.429. The Bertz CT molecular complexity index is 1180. The Morgan fingerprint density at radius 1 is 0.966 bits per heavy atom. The zero-order chi connectivity index (χ0) is 20.6. The molecule has 0 aliphatic carbocycles. The fraction of sp³-hybridized carbons (Fsp3) is 0.100. The Hall–Kier alpha value is -3.68. The number of fused-ring (bicyclic) bond motifs is 1. The zero-order valence-corrected chi connectivity index (χ0v) is 16.1. The van der Waals surface area contributed by atoms with Crippen LogP contribution in [0.15, 0.2) is 70.6 Å². The highest BCUT2D eigenvalue weighted by molar-refractivity contribution is 7.98. The minimum Gasteiger partial charge on any atom is -0.382 e. The van der Waals surface area contributed by atoms with Crippen molar-refractivity contribution in [3.63, 3.8) is 0 Å². The van der Waals surface area contributed by atoms with Gasteiger partial charge in [0.2, 0.25) is 0 Å². The number of thioether (sulfide) groups is 1. The van der Waals surface area contributed by atoms with Gasteiger partial charge in [-0.25, -0.2) is 14.8 Å². The van der Waals surface area contributed by atoms with Gasteiger partial charge in [0.1, 0.15) is 5.52 Å². The molecule has 0 amide bonds. The van der Waals surface area contributed by atoms with Crippen LogP contribution in [0.2, 0.25) is 0 Å². The number of anilines is 1. The van der Waals surface area contributed by atoms with E-state index in [0.717, 1.165) is 11.3 Å². The van der Waals surface area contributed by atoms with E-state index in [4.69, 9.17) is 15.3 Å². The van der Waals surface area contributed by atoms with Crippen molar-refractivity contribution in [1.29, 1.82) is 0 Å². The largest absolute Gasteiger partial charge is 0.382 e. The minimum absolute atomic E-state index is 0.241. The van der Waals surface area contributed by atoms with Crippen LogP contribution in [0.1, 0.15) is 11.1 Å². The van der Waals surface area contributed by atoms with E-state index in [2.05, 4.69) is 27.1 Å². The molecule has 2 aromatic carbocycles. The van der Waals surface area contributed by atoms with Gasteiger partial charge in [-0.05, 0) is 11.1 Å². The van der Waals surface area contributed by atoms with E-state index in [1.807, 2.05) is 48.5 Å². The lowest BCUT2D eigenvalue weighted by molar-refractivity contribution is -0.191. The van der Waals surface area contributed by atoms with Gasteiger partial charge in [-0.2, -0.15) is 9.59 Å². The zero-order valence-electron chi connectivity index (χ0n) is 15.2. The lowest BCUT2D eigenvalue weighted by Gasteiger charge is -2.06. The molecular weight excluding hydrogens is 390 g/mol. The monoisotopic (exact) mass is 407 g/mol. The van der Waals surface area contributed by atoms with Gasteiger partial charge >= 0.3 is 11.8 Å². The Labute approximate surface area is 169 Å². The van der Waals surface area contributed by atoms with Gasteiger partial charge in [-0.3, -0.25) is 4.57 Å². The highest BCUT2D eigenvalue weighted by Gasteiger charge is 2.14. The topological polar surface area (TPSA) is 124 Å². The molecule has 8 nitrogen and oxygen atoms in total. The molecule has 0 saturated heterocycles. The summed E-state index contributed by atoms with van der Waals surface area (Å²) in [7, 11) is 0. The second-order valence-electron chi connectivity index (χ2n) is 5.95. The van der Waals surface area contributed by atoms with Crippen LogP contribution < -0.4 is 11.4 Å². The molecule has 9 heteroatoms. The van der Waals surface area contributed by atoms with Crippen molar-refractivity contribution in [2.24, 2.45) is 0 Å². The number of rotatable bonds is 5. The lowest BCUT2D eigenvalue weighted by Crippen LogP contribution is -2.17. The van der Waals surface area contributed by atoms with Crippen molar-refractivity contribution >= 4 is 34.9 Å². The smallest absolute Gasteiger partial charge is 0.373 e. The molecular formula is C20H17N5O3S. The van der Waals surface area contributed by atoms with Gasteiger partial charge < -0.3 is 10.7 Å². The van der Waals surface area contributed by atoms with E-state index in [9.17, 15) is 4.79 Å². The van der Waals surface area contributed by atoms with Crippen LogP contribution in [0.4, 0.5) is 5.82 Å². The van der Waals surface area contributed by atoms with E-state index in [0.29, 0.717) is 22.9 Å². The molecule has 0 bridgehead atoms.